The highest BCUT2D eigenvalue weighted by Crippen LogP contribution is 2.32. The Bertz CT molecular complexity index is 649. The van der Waals surface area contributed by atoms with Gasteiger partial charge in [0.2, 0.25) is 6.79 Å². The van der Waals surface area contributed by atoms with E-state index in [2.05, 4.69) is 16.4 Å². The van der Waals surface area contributed by atoms with Crippen LogP contribution in [0.2, 0.25) is 0 Å². The molecule has 5 nitrogen and oxygen atoms in total. The summed E-state index contributed by atoms with van der Waals surface area (Å²) in [5.41, 5.74) is 1.57. The lowest BCUT2D eigenvalue weighted by Crippen LogP contribution is -2.03. The Balaban J connectivity index is 1.74. The van der Waals surface area contributed by atoms with Crippen molar-refractivity contribution in [3.63, 3.8) is 0 Å². The van der Waals surface area contributed by atoms with Crippen molar-refractivity contribution in [1.82, 2.24) is 4.98 Å². The van der Waals surface area contributed by atoms with Crippen LogP contribution < -0.4 is 14.8 Å². The molecular formula is C14H11N3O2. The van der Waals surface area contributed by atoms with Crippen molar-refractivity contribution in [2.45, 2.75) is 6.54 Å². The van der Waals surface area contributed by atoms with Crippen molar-refractivity contribution >= 4 is 5.82 Å². The fourth-order valence-electron chi connectivity index (χ4n) is 1.87. The molecule has 0 amide bonds. The second-order valence-corrected chi connectivity index (χ2v) is 4.05. The van der Waals surface area contributed by atoms with E-state index in [1.165, 1.54) is 0 Å². The molecule has 0 saturated heterocycles. The van der Waals surface area contributed by atoms with Gasteiger partial charge in [0.05, 0.1) is 5.56 Å². The molecule has 0 fully saturated rings. The third kappa shape index (κ3) is 2.29. The van der Waals surface area contributed by atoms with Gasteiger partial charge < -0.3 is 14.8 Å². The number of aromatic nitrogens is 1. The van der Waals surface area contributed by atoms with Crippen LogP contribution in [0, 0.1) is 11.3 Å². The van der Waals surface area contributed by atoms with Crippen LogP contribution in [-0.4, -0.2) is 11.8 Å². The number of ether oxygens (including phenoxy) is 2. The average Bonchev–Trinajstić information content (AvgIpc) is 2.93. The molecular weight excluding hydrogens is 242 g/mol. The Kier molecular flexibility index (Phi) is 2.91. The Morgan fingerprint density at radius 2 is 2.16 bits per heavy atom. The third-order valence-electron chi connectivity index (χ3n) is 2.83. The smallest absolute Gasteiger partial charge is 0.231 e. The van der Waals surface area contributed by atoms with Gasteiger partial charge in [-0.2, -0.15) is 5.26 Å². The van der Waals surface area contributed by atoms with E-state index in [1.54, 1.807) is 18.3 Å². The SMILES string of the molecule is N#Cc1cccnc1NCc1ccc2c(c1)OCO2. The number of fused-ring (bicyclic) bond motifs is 1. The minimum atomic E-state index is 0.269. The van der Waals surface area contributed by atoms with Crippen LogP contribution in [0.4, 0.5) is 5.82 Å². The number of pyridine rings is 1. The van der Waals surface area contributed by atoms with E-state index >= 15 is 0 Å². The molecule has 19 heavy (non-hydrogen) atoms. The number of nitrogens with one attached hydrogen (secondary N) is 1. The van der Waals surface area contributed by atoms with Crippen molar-refractivity contribution in [2.75, 3.05) is 12.1 Å². The summed E-state index contributed by atoms with van der Waals surface area (Å²) in [6, 6.07) is 11.3. The maximum atomic E-state index is 8.98. The molecule has 0 radical (unpaired) electrons. The quantitative estimate of drug-likeness (QED) is 0.909. The van der Waals surface area contributed by atoms with Crippen LogP contribution in [0.5, 0.6) is 11.5 Å². The Hall–Kier alpha value is -2.74. The molecule has 2 heterocycles. The van der Waals surface area contributed by atoms with Gasteiger partial charge in [-0.25, -0.2) is 4.98 Å². The van der Waals surface area contributed by atoms with E-state index in [0.717, 1.165) is 17.1 Å². The predicted octanol–water partition coefficient (Wildman–Crippen LogP) is 2.29. The molecule has 0 atom stereocenters. The fourth-order valence-corrected chi connectivity index (χ4v) is 1.87. The molecule has 0 aliphatic carbocycles. The number of rotatable bonds is 3. The van der Waals surface area contributed by atoms with Gasteiger partial charge in [0.1, 0.15) is 11.9 Å². The summed E-state index contributed by atoms with van der Waals surface area (Å²) < 4.78 is 10.6. The average molecular weight is 253 g/mol. The number of benzene rings is 1. The molecule has 0 bridgehead atoms. The van der Waals surface area contributed by atoms with E-state index in [9.17, 15) is 0 Å². The monoisotopic (exact) mass is 253 g/mol. The second-order valence-electron chi connectivity index (χ2n) is 4.05. The highest BCUT2D eigenvalue weighted by molar-refractivity contribution is 5.52. The zero-order valence-electron chi connectivity index (χ0n) is 10.1. The summed E-state index contributed by atoms with van der Waals surface area (Å²) >= 11 is 0. The van der Waals surface area contributed by atoms with Crippen LogP contribution in [0.15, 0.2) is 36.5 Å². The molecule has 1 aromatic heterocycles. The number of hydrogen-bond acceptors (Lipinski definition) is 5. The summed E-state index contributed by atoms with van der Waals surface area (Å²) in [7, 11) is 0. The molecule has 5 heteroatoms. The van der Waals surface area contributed by atoms with E-state index in [0.29, 0.717) is 17.9 Å². The van der Waals surface area contributed by atoms with Crippen LogP contribution in [0.25, 0.3) is 0 Å². The lowest BCUT2D eigenvalue weighted by Gasteiger charge is -2.07. The van der Waals surface area contributed by atoms with Crippen LogP contribution in [0.1, 0.15) is 11.1 Å². The molecule has 2 aromatic rings. The fraction of sp³-hybridized carbons (Fsp3) is 0.143. The molecule has 1 aromatic carbocycles. The van der Waals surface area contributed by atoms with Gasteiger partial charge in [-0.1, -0.05) is 6.07 Å². The zero-order chi connectivity index (χ0) is 13.1. The first kappa shape index (κ1) is 11.4. The predicted molar refractivity (Wildman–Crippen MR) is 68.8 cm³/mol. The molecule has 1 aliphatic heterocycles. The van der Waals surface area contributed by atoms with E-state index in [4.69, 9.17) is 14.7 Å². The first-order chi connectivity index (χ1) is 9.36. The van der Waals surface area contributed by atoms with Crippen molar-refractivity contribution in [3.8, 4) is 17.6 Å². The van der Waals surface area contributed by atoms with Gasteiger partial charge in [0.25, 0.3) is 0 Å². The summed E-state index contributed by atoms with van der Waals surface area (Å²) in [6.07, 6.45) is 1.66. The van der Waals surface area contributed by atoms with Crippen molar-refractivity contribution in [2.24, 2.45) is 0 Å². The van der Waals surface area contributed by atoms with Gasteiger partial charge in [-0.3, -0.25) is 0 Å². The minimum absolute atomic E-state index is 0.269. The molecule has 94 valence electrons. The topological polar surface area (TPSA) is 67.2 Å². The van der Waals surface area contributed by atoms with Crippen molar-refractivity contribution in [1.29, 1.82) is 5.26 Å². The zero-order valence-corrected chi connectivity index (χ0v) is 10.1. The van der Waals surface area contributed by atoms with Gasteiger partial charge in [-0.05, 0) is 29.8 Å². The van der Waals surface area contributed by atoms with Crippen LogP contribution >= 0.6 is 0 Å². The first-order valence-electron chi connectivity index (χ1n) is 5.84. The highest BCUT2D eigenvalue weighted by atomic mass is 16.7. The number of anilines is 1. The van der Waals surface area contributed by atoms with E-state index in [1.807, 2.05) is 18.2 Å². The van der Waals surface area contributed by atoms with Crippen molar-refractivity contribution < 1.29 is 9.47 Å². The number of nitrogens with zero attached hydrogens (tertiary/aromatic N) is 2. The largest absolute Gasteiger partial charge is 0.454 e. The molecule has 3 rings (SSSR count). The highest BCUT2D eigenvalue weighted by Gasteiger charge is 2.13. The van der Waals surface area contributed by atoms with Crippen molar-refractivity contribution in [3.05, 3.63) is 47.7 Å². The molecule has 1 N–H and O–H groups in total. The van der Waals surface area contributed by atoms with Gasteiger partial charge >= 0.3 is 0 Å². The standard InChI is InChI=1S/C14H11N3O2/c15-7-11-2-1-5-16-14(11)17-8-10-3-4-12-13(6-10)19-9-18-12/h1-6H,8-9H2,(H,16,17). The first-order valence-corrected chi connectivity index (χ1v) is 5.84. The normalized spacial score (nSPS) is 11.9. The molecule has 0 saturated carbocycles. The number of hydrogen-bond donors (Lipinski definition) is 1. The molecule has 0 unspecified atom stereocenters. The van der Waals surface area contributed by atoms with E-state index in [-0.39, 0.29) is 6.79 Å². The molecule has 1 aliphatic rings. The van der Waals surface area contributed by atoms with Gasteiger partial charge in [0, 0.05) is 12.7 Å². The summed E-state index contributed by atoms with van der Waals surface area (Å²) in [5.74, 6) is 2.10. The Morgan fingerprint density at radius 3 is 3.05 bits per heavy atom. The minimum Gasteiger partial charge on any atom is -0.454 e. The third-order valence-corrected chi connectivity index (χ3v) is 2.83. The Morgan fingerprint density at radius 1 is 1.26 bits per heavy atom. The summed E-state index contributed by atoms with van der Waals surface area (Å²) in [4.78, 5) is 4.15. The van der Waals surface area contributed by atoms with E-state index < -0.39 is 0 Å². The van der Waals surface area contributed by atoms with Gasteiger partial charge in [0.15, 0.2) is 11.5 Å². The van der Waals surface area contributed by atoms with Gasteiger partial charge in [-0.15, -0.1) is 0 Å². The maximum Gasteiger partial charge on any atom is 0.231 e. The van der Waals surface area contributed by atoms with Crippen LogP contribution in [-0.2, 0) is 6.54 Å². The Labute approximate surface area is 110 Å². The second kappa shape index (κ2) is 4.86. The number of nitriles is 1. The summed E-state index contributed by atoms with van der Waals surface area (Å²) in [5, 5.41) is 12.1. The maximum absolute atomic E-state index is 8.98. The summed E-state index contributed by atoms with van der Waals surface area (Å²) in [6.45, 7) is 0.841. The lowest BCUT2D eigenvalue weighted by molar-refractivity contribution is 0.174. The lowest BCUT2D eigenvalue weighted by atomic mass is 10.2. The van der Waals surface area contributed by atoms with Crippen LogP contribution in [0.3, 0.4) is 0 Å². The molecule has 0 spiro atoms.